The van der Waals surface area contributed by atoms with Gasteiger partial charge in [0, 0.05) is 35.8 Å². The highest BCUT2D eigenvalue weighted by Crippen LogP contribution is 2.27. The number of anilines is 2. The maximum atomic E-state index is 12.4. The molecule has 0 unspecified atom stereocenters. The normalized spacial score (nSPS) is 11.1. The average Bonchev–Trinajstić information content (AvgIpc) is 3.29. The second-order valence-electron chi connectivity index (χ2n) is 7.76. The summed E-state index contributed by atoms with van der Waals surface area (Å²) in [6, 6.07) is 11.7. The molecule has 0 atom stereocenters. The molecular formula is C25H25F2N5O4. The zero-order valence-corrected chi connectivity index (χ0v) is 19.4. The molecule has 0 aliphatic heterocycles. The summed E-state index contributed by atoms with van der Waals surface area (Å²) < 4.78 is 36.2. The van der Waals surface area contributed by atoms with E-state index in [1.54, 1.807) is 42.9 Å². The van der Waals surface area contributed by atoms with Gasteiger partial charge in [-0.15, -0.1) is 0 Å². The third-order valence-corrected chi connectivity index (χ3v) is 5.30. The second-order valence-corrected chi connectivity index (χ2v) is 7.76. The number of ether oxygens (including phenoxy) is 2. The van der Waals surface area contributed by atoms with Gasteiger partial charge in [0.05, 0.1) is 31.7 Å². The molecule has 0 aliphatic carbocycles. The number of rotatable bonds is 11. The largest absolute Gasteiger partial charge is 0.435 e. The highest BCUT2D eigenvalue weighted by molar-refractivity contribution is 5.96. The molecule has 0 radical (unpaired) electrons. The molecule has 3 N–H and O–H groups in total. The molecule has 0 saturated heterocycles. The number of benzene rings is 2. The van der Waals surface area contributed by atoms with Crippen LogP contribution >= 0.6 is 0 Å². The molecule has 9 nitrogen and oxygen atoms in total. The van der Waals surface area contributed by atoms with Crippen LogP contribution in [0.25, 0.3) is 16.9 Å². The Labute approximate surface area is 205 Å². The summed E-state index contributed by atoms with van der Waals surface area (Å²) in [5, 5.41) is 14.7. The number of amides is 1. The van der Waals surface area contributed by atoms with Crippen LogP contribution in [0.3, 0.4) is 0 Å². The SMILES string of the molecule is Cc1cc(Nc2nccn3c(-c4ccc(OC(F)F)cc4)cnc23)ccc1C(=O)NCCOCCO. The molecule has 36 heavy (non-hydrogen) atoms. The number of nitrogens with zero attached hydrogens (tertiary/aromatic N) is 3. The van der Waals surface area contributed by atoms with E-state index in [4.69, 9.17) is 9.84 Å². The van der Waals surface area contributed by atoms with Gasteiger partial charge in [-0.1, -0.05) is 0 Å². The van der Waals surface area contributed by atoms with Crippen LogP contribution < -0.4 is 15.4 Å². The van der Waals surface area contributed by atoms with Crippen molar-refractivity contribution < 1.29 is 28.2 Å². The standard InChI is InChI=1S/C25H25F2N5O4/c1-16-14-18(4-7-20(16)24(34)29-9-12-35-13-11-33)31-22-23-30-15-21(32(23)10-8-28-22)17-2-5-19(6-3-17)36-25(26)27/h2-8,10,14-15,25,33H,9,11-13H2,1H3,(H,28,31)(H,29,34). The maximum absolute atomic E-state index is 12.4. The summed E-state index contributed by atoms with van der Waals surface area (Å²) in [6.07, 6.45) is 5.06. The van der Waals surface area contributed by atoms with E-state index in [0.717, 1.165) is 22.5 Å². The highest BCUT2D eigenvalue weighted by Gasteiger charge is 2.13. The van der Waals surface area contributed by atoms with Crippen molar-refractivity contribution in [2.75, 3.05) is 31.7 Å². The first kappa shape index (κ1) is 25.0. The van der Waals surface area contributed by atoms with Crippen molar-refractivity contribution in [2.45, 2.75) is 13.5 Å². The van der Waals surface area contributed by atoms with E-state index >= 15 is 0 Å². The first-order valence-corrected chi connectivity index (χ1v) is 11.2. The van der Waals surface area contributed by atoms with E-state index in [0.29, 0.717) is 30.2 Å². The van der Waals surface area contributed by atoms with E-state index in [9.17, 15) is 13.6 Å². The predicted molar refractivity (Wildman–Crippen MR) is 130 cm³/mol. The monoisotopic (exact) mass is 497 g/mol. The van der Waals surface area contributed by atoms with E-state index < -0.39 is 6.61 Å². The number of imidazole rings is 1. The average molecular weight is 498 g/mol. The Kier molecular flexibility index (Phi) is 8.03. The van der Waals surface area contributed by atoms with Gasteiger partial charge >= 0.3 is 6.61 Å². The Balaban J connectivity index is 1.48. The topological polar surface area (TPSA) is 110 Å². The van der Waals surface area contributed by atoms with Crippen molar-refractivity contribution in [3.63, 3.8) is 0 Å². The molecule has 0 fully saturated rings. The number of hydrogen-bond acceptors (Lipinski definition) is 7. The van der Waals surface area contributed by atoms with E-state index in [-0.39, 0.29) is 24.9 Å². The number of aliphatic hydroxyl groups excluding tert-OH is 1. The molecule has 0 saturated carbocycles. The first-order chi connectivity index (χ1) is 17.5. The number of carbonyl (C=O) groups excluding carboxylic acids is 1. The van der Waals surface area contributed by atoms with Crippen LogP contribution in [0.4, 0.5) is 20.3 Å². The van der Waals surface area contributed by atoms with Gasteiger partial charge in [0.1, 0.15) is 5.75 Å². The lowest BCUT2D eigenvalue weighted by Crippen LogP contribution is -2.28. The van der Waals surface area contributed by atoms with Crippen LogP contribution in [0.1, 0.15) is 15.9 Å². The lowest BCUT2D eigenvalue weighted by Gasteiger charge is -2.12. The van der Waals surface area contributed by atoms with Gasteiger partial charge in [0.15, 0.2) is 11.5 Å². The Morgan fingerprint density at radius 3 is 2.67 bits per heavy atom. The minimum Gasteiger partial charge on any atom is -0.435 e. The van der Waals surface area contributed by atoms with Gasteiger partial charge in [-0.05, 0) is 55.0 Å². The highest BCUT2D eigenvalue weighted by atomic mass is 19.3. The number of halogens is 2. The van der Waals surface area contributed by atoms with E-state index in [1.165, 1.54) is 12.1 Å². The third-order valence-electron chi connectivity index (χ3n) is 5.30. The van der Waals surface area contributed by atoms with E-state index in [1.807, 2.05) is 17.4 Å². The summed E-state index contributed by atoms with van der Waals surface area (Å²) in [6.45, 7) is -0.205. The van der Waals surface area contributed by atoms with Crippen molar-refractivity contribution in [3.05, 3.63) is 72.2 Å². The number of carbonyl (C=O) groups is 1. The first-order valence-electron chi connectivity index (χ1n) is 11.2. The van der Waals surface area contributed by atoms with Crippen molar-refractivity contribution in [1.82, 2.24) is 19.7 Å². The van der Waals surface area contributed by atoms with Gasteiger partial charge in [0.2, 0.25) is 0 Å². The number of aliphatic hydroxyl groups is 1. The minimum absolute atomic E-state index is 0.0593. The van der Waals surface area contributed by atoms with E-state index in [2.05, 4.69) is 25.3 Å². The molecule has 0 aliphatic rings. The molecular weight excluding hydrogens is 472 g/mol. The quantitative estimate of drug-likeness (QED) is 0.271. The lowest BCUT2D eigenvalue weighted by atomic mass is 10.1. The van der Waals surface area contributed by atoms with Gasteiger partial charge in [-0.25, -0.2) is 9.97 Å². The molecule has 2 aromatic carbocycles. The number of fused-ring (bicyclic) bond motifs is 1. The zero-order chi connectivity index (χ0) is 25.5. The maximum Gasteiger partial charge on any atom is 0.387 e. The Morgan fingerprint density at radius 2 is 1.94 bits per heavy atom. The molecule has 2 aromatic heterocycles. The fourth-order valence-corrected chi connectivity index (χ4v) is 3.66. The fourth-order valence-electron chi connectivity index (χ4n) is 3.66. The van der Waals surface area contributed by atoms with Crippen molar-refractivity contribution in [2.24, 2.45) is 0 Å². The summed E-state index contributed by atoms with van der Waals surface area (Å²) in [5.74, 6) is 0.378. The van der Waals surface area contributed by atoms with Crippen LogP contribution in [0, 0.1) is 6.92 Å². The van der Waals surface area contributed by atoms with Crippen molar-refractivity contribution >= 4 is 23.1 Å². The third kappa shape index (κ3) is 5.93. The van der Waals surface area contributed by atoms with Crippen LogP contribution in [0.15, 0.2) is 61.1 Å². The molecule has 2 heterocycles. The van der Waals surface area contributed by atoms with Gasteiger partial charge in [-0.2, -0.15) is 8.78 Å². The Bertz CT molecular complexity index is 1330. The van der Waals surface area contributed by atoms with Crippen molar-refractivity contribution in [3.8, 4) is 17.0 Å². The summed E-state index contributed by atoms with van der Waals surface area (Å²) in [4.78, 5) is 21.3. The number of alkyl halides is 2. The fraction of sp³-hybridized carbons (Fsp3) is 0.240. The van der Waals surface area contributed by atoms with Gasteiger partial charge in [0.25, 0.3) is 5.91 Å². The van der Waals surface area contributed by atoms with Gasteiger partial charge < -0.3 is 25.2 Å². The predicted octanol–water partition coefficient (Wildman–Crippen LogP) is 3.79. The smallest absolute Gasteiger partial charge is 0.387 e. The lowest BCUT2D eigenvalue weighted by molar-refractivity contribution is -0.0498. The number of nitrogens with one attached hydrogen (secondary N) is 2. The molecule has 11 heteroatoms. The van der Waals surface area contributed by atoms with Crippen LogP contribution in [-0.4, -0.2) is 58.4 Å². The molecule has 1 amide bonds. The number of hydrogen-bond donors (Lipinski definition) is 3. The second kappa shape index (κ2) is 11.6. The number of aryl methyl sites for hydroxylation is 1. The summed E-state index contributed by atoms with van der Waals surface area (Å²) in [5.41, 5.74) is 4.14. The van der Waals surface area contributed by atoms with Crippen LogP contribution in [-0.2, 0) is 4.74 Å². The summed E-state index contributed by atoms with van der Waals surface area (Å²) >= 11 is 0. The molecule has 188 valence electrons. The van der Waals surface area contributed by atoms with Crippen LogP contribution in [0.2, 0.25) is 0 Å². The summed E-state index contributed by atoms with van der Waals surface area (Å²) in [7, 11) is 0. The molecule has 0 spiro atoms. The number of aromatic nitrogens is 3. The minimum atomic E-state index is -2.88. The van der Waals surface area contributed by atoms with Crippen molar-refractivity contribution in [1.29, 1.82) is 0 Å². The zero-order valence-electron chi connectivity index (χ0n) is 19.4. The Hall–Kier alpha value is -4.09. The van der Waals surface area contributed by atoms with Crippen LogP contribution in [0.5, 0.6) is 5.75 Å². The molecule has 0 bridgehead atoms. The van der Waals surface area contributed by atoms with Gasteiger partial charge in [-0.3, -0.25) is 9.20 Å². The Morgan fingerprint density at radius 1 is 1.14 bits per heavy atom. The molecule has 4 aromatic rings. The molecule has 4 rings (SSSR count).